The average Bonchev–Trinajstić information content (AvgIpc) is 2.71. The molecule has 3 rings (SSSR count). The van der Waals surface area contributed by atoms with E-state index in [4.69, 9.17) is 10.2 Å². The maximum Gasteiger partial charge on any atom is 0.389 e. The van der Waals surface area contributed by atoms with Gasteiger partial charge in [0.2, 0.25) is 0 Å². The lowest BCUT2D eigenvalue weighted by Crippen LogP contribution is -2.26. The molecule has 1 aliphatic carbocycles. The van der Waals surface area contributed by atoms with Crippen molar-refractivity contribution in [2.45, 2.75) is 103 Å². The number of Topliss-reactive ketones (excluding diaryl/α,β-unsaturated/α-hetero) is 1. The van der Waals surface area contributed by atoms with Crippen LogP contribution in [0.5, 0.6) is 0 Å². The number of carbonyl (C=O) groups is 1. The summed E-state index contributed by atoms with van der Waals surface area (Å²) < 4.78 is 6.20. The number of hydrogen-bond acceptors (Lipinski definition) is 5. The summed E-state index contributed by atoms with van der Waals surface area (Å²) in [5, 5.41) is 1.66. The van der Waals surface area contributed by atoms with Gasteiger partial charge in [-0.15, -0.1) is 0 Å². The molecule has 0 unspecified atom stereocenters. The van der Waals surface area contributed by atoms with Crippen molar-refractivity contribution in [3.8, 4) is 0 Å². The third-order valence-corrected chi connectivity index (χ3v) is 9.50. The standard InChI is InChI=1S/C32H43NO2S3/c1-29(2,3)23-15-19(16-24(36-23)30(4,5)6)13-21-27(33)22(28(21)34)14-20-17-25(37-31(7,8)9)35-26(18-20)38-32(10,11)12/h13-18H,1-12H3,(H-,33,34)/p+1. The lowest BCUT2D eigenvalue weighted by molar-refractivity contribution is -0.112. The fourth-order valence-corrected chi connectivity index (χ4v) is 6.85. The largest absolute Gasteiger partial charge is 0.398 e. The quantitative estimate of drug-likeness (QED) is 0.221. The Bertz CT molecular complexity index is 1220. The minimum Gasteiger partial charge on any atom is -0.398 e. The normalized spacial score (nSPS) is 18.5. The van der Waals surface area contributed by atoms with E-state index < -0.39 is 0 Å². The van der Waals surface area contributed by atoms with Gasteiger partial charge in [-0.25, -0.2) is 0 Å². The van der Waals surface area contributed by atoms with Crippen molar-refractivity contribution in [1.82, 2.24) is 0 Å². The molecule has 38 heavy (non-hydrogen) atoms. The number of hydrogen-bond donors (Lipinski definition) is 1. The summed E-state index contributed by atoms with van der Waals surface area (Å²) in [7, 11) is 0. The van der Waals surface area contributed by atoms with E-state index in [2.05, 4.69) is 95.2 Å². The second-order valence-corrected chi connectivity index (χ2v) is 18.7. The molecule has 0 bridgehead atoms. The van der Waals surface area contributed by atoms with E-state index in [1.165, 1.54) is 9.81 Å². The van der Waals surface area contributed by atoms with Crippen LogP contribution < -0.4 is 5.73 Å². The molecule has 0 fully saturated rings. The van der Waals surface area contributed by atoms with Crippen LogP contribution in [0.2, 0.25) is 0 Å². The summed E-state index contributed by atoms with van der Waals surface area (Å²) >= 11 is 5.19. The number of allylic oxidation sites excluding steroid dienone is 8. The molecule has 0 saturated heterocycles. The monoisotopic (exact) mass is 570 g/mol. The first-order valence-electron chi connectivity index (χ1n) is 13.1. The highest BCUT2D eigenvalue weighted by atomic mass is 32.2. The number of carbonyl (C=O) groups excluding carboxylic acids is 1. The van der Waals surface area contributed by atoms with E-state index >= 15 is 0 Å². The first-order chi connectivity index (χ1) is 17.1. The topological polar surface area (TPSA) is 54.4 Å². The van der Waals surface area contributed by atoms with Crippen LogP contribution in [-0.4, -0.2) is 15.3 Å². The van der Waals surface area contributed by atoms with E-state index in [1.807, 2.05) is 36.0 Å². The molecule has 0 spiro atoms. The van der Waals surface area contributed by atoms with E-state index in [9.17, 15) is 4.79 Å². The first-order valence-corrected chi connectivity index (χ1v) is 15.5. The number of ketones is 1. The molecule has 2 aliphatic rings. The fraction of sp³-hybridized carbons (Fsp3) is 0.500. The van der Waals surface area contributed by atoms with Gasteiger partial charge in [-0.2, -0.15) is 4.42 Å². The fourth-order valence-electron chi connectivity index (χ4n) is 3.70. The summed E-state index contributed by atoms with van der Waals surface area (Å²) in [6.45, 7) is 26.3. The lowest BCUT2D eigenvalue weighted by atomic mass is 9.83. The first kappa shape index (κ1) is 30.9. The third-order valence-electron chi connectivity index (χ3n) is 5.57. The van der Waals surface area contributed by atoms with Crippen LogP contribution in [0, 0.1) is 10.8 Å². The van der Waals surface area contributed by atoms with E-state index in [0.717, 1.165) is 21.3 Å². The van der Waals surface area contributed by atoms with E-state index in [0.29, 0.717) is 16.8 Å². The molecule has 2 N–H and O–H groups in total. The van der Waals surface area contributed by atoms with Crippen molar-refractivity contribution in [2.24, 2.45) is 16.6 Å². The summed E-state index contributed by atoms with van der Waals surface area (Å²) in [6, 6.07) is 4.00. The van der Waals surface area contributed by atoms with Crippen LogP contribution in [0.4, 0.5) is 0 Å². The van der Waals surface area contributed by atoms with Gasteiger partial charge in [0, 0.05) is 20.6 Å². The number of nitrogens with two attached hydrogens (primary N) is 1. The van der Waals surface area contributed by atoms with Gasteiger partial charge < -0.3 is 5.73 Å². The molecular weight excluding hydrogens is 527 g/mol. The van der Waals surface area contributed by atoms with Crippen molar-refractivity contribution in [1.29, 1.82) is 0 Å². The minimum absolute atomic E-state index is 0.000637. The van der Waals surface area contributed by atoms with Crippen LogP contribution in [0.1, 0.15) is 88.6 Å². The van der Waals surface area contributed by atoms with Gasteiger partial charge in [-0.05, 0) is 79.6 Å². The molecule has 0 aromatic carbocycles. The van der Waals surface area contributed by atoms with Gasteiger partial charge in [-0.3, -0.25) is 4.79 Å². The van der Waals surface area contributed by atoms with Crippen LogP contribution >= 0.6 is 35.3 Å². The SMILES string of the molecule is CC(C)(C)Sc1cc(C=C2C(=O)C(C=C3C=C(C(C)(C)C)SC(C(C)(C)C)=C3)=C2N)cc(SC(C)(C)C)[o+]1. The van der Waals surface area contributed by atoms with Crippen LogP contribution in [0.25, 0.3) is 6.08 Å². The zero-order chi connectivity index (χ0) is 28.8. The predicted octanol–water partition coefficient (Wildman–Crippen LogP) is 10.1. The summed E-state index contributed by atoms with van der Waals surface area (Å²) in [5.41, 5.74) is 10.2. The highest BCUT2D eigenvalue weighted by Crippen LogP contribution is 2.49. The van der Waals surface area contributed by atoms with Gasteiger partial charge in [-0.1, -0.05) is 94.8 Å². The number of rotatable bonds is 4. The Morgan fingerprint density at radius 2 is 1.21 bits per heavy atom. The molecule has 3 nitrogen and oxygen atoms in total. The summed E-state index contributed by atoms with van der Waals surface area (Å²) in [5.74, 6) is -0.0134. The molecule has 6 heteroatoms. The zero-order valence-electron chi connectivity index (χ0n) is 25.1. The summed E-state index contributed by atoms with van der Waals surface area (Å²) in [6.07, 6.45) is 8.24. The Morgan fingerprint density at radius 3 is 1.58 bits per heavy atom. The van der Waals surface area contributed by atoms with Gasteiger partial charge >= 0.3 is 10.2 Å². The van der Waals surface area contributed by atoms with E-state index in [-0.39, 0.29) is 26.1 Å². The average molecular weight is 571 g/mol. The predicted molar refractivity (Wildman–Crippen MR) is 169 cm³/mol. The molecule has 206 valence electrons. The van der Waals surface area contributed by atoms with Crippen molar-refractivity contribution in [2.75, 3.05) is 0 Å². The highest BCUT2D eigenvalue weighted by molar-refractivity contribution is 8.06. The molecule has 0 saturated carbocycles. The molecule has 1 aromatic rings. The minimum atomic E-state index is -0.0134. The van der Waals surface area contributed by atoms with E-state index in [1.54, 1.807) is 23.5 Å². The number of thioether (sulfide) groups is 3. The second kappa shape index (κ2) is 10.7. The smallest absolute Gasteiger partial charge is 0.389 e. The van der Waals surface area contributed by atoms with Crippen LogP contribution in [0.15, 0.2) is 77.2 Å². The van der Waals surface area contributed by atoms with Crippen molar-refractivity contribution in [3.05, 3.63) is 68.2 Å². The molecule has 0 atom stereocenters. The van der Waals surface area contributed by atoms with Gasteiger partial charge in [0.05, 0.1) is 17.8 Å². The second-order valence-electron chi connectivity index (χ2n) is 13.9. The Kier molecular flexibility index (Phi) is 8.74. The molecule has 0 amide bonds. The Hall–Kier alpha value is -1.63. The highest BCUT2D eigenvalue weighted by Gasteiger charge is 2.33. The zero-order valence-corrected chi connectivity index (χ0v) is 27.5. The summed E-state index contributed by atoms with van der Waals surface area (Å²) in [4.78, 5) is 15.9. The molecular formula is C32H44NO2S3+. The maximum atomic E-state index is 13.3. The van der Waals surface area contributed by atoms with Gasteiger partial charge in [0.15, 0.2) is 5.78 Å². The molecule has 1 aliphatic heterocycles. The van der Waals surface area contributed by atoms with Crippen molar-refractivity contribution >= 4 is 47.1 Å². The Labute approximate surface area is 243 Å². The van der Waals surface area contributed by atoms with Crippen molar-refractivity contribution in [3.63, 3.8) is 0 Å². The third kappa shape index (κ3) is 8.19. The maximum absolute atomic E-state index is 13.3. The molecule has 0 radical (unpaired) electrons. The van der Waals surface area contributed by atoms with Crippen LogP contribution in [0.3, 0.4) is 0 Å². The molecule has 1 aromatic heterocycles. The van der Waals surface area contributed by atoms with Crippen molar-refractivity contribution < 1.29 is 9.21 Å². The lowest BCUT2D eigenvalue weighted by Gasteiger charge is -2.32. The Balaban J connectivity index is 2.03. The Morgan fingerprint density at radius 1 is 0.763 bits per heavy atom. The van der Waals surface area contributed by atoms with Gasteiger partial charge in [0.1, 0.15) is 0 Å². The van der Waals surface area contributed by atoms with Crippen LogP contribution in [-0.2, 0) is 4.79 Å². The molecule has 2 heterocycles. The van der Waals surface area contributed by atoms with Gasteiger partial charge in [0.25, 0.3) is 0 Å².